The standard InChI is InChI=1S/C20H24ClNO3/c1-13-5-15(6-14(2)19(13)23-4)9-22(3)10-16-7-18(21)8-17-11-24-12-25-20(16)17/h5-8H,9-12H2,1-4H3. The quantitative estimate of drug-likeness (QED) is 0.786. The first-order valence-electron chi connectivity index (χ1n) is 8.32. The summed E-state index contributed by atoms with van der Waals surface area (Å²) in [6, 6.07) is 8.25. The normalized spacial score (nSPS) is 13.5. The van der Waals surface area contributed by atoms with E-state index >= 15 is 0 Å². The summed E-state index contributed by atoms with van der Waals surface area (Å²) in [5.41, 5.74) is 5.69. The van der Waals surface area contributed by atoms with Crippen LogP contribution in [0.2, 0.25) is 5.02 Å². The molecule has 5 heteroatoms. The van der Waals surface area contributed by atoms with Crippen LogP contribution in [0.5, 0.6) is 11.5 Å². The fraction of sp³-hybridized carbons (Fsp3) is 0.400. The number of nitrogens with zero attached hydrogens (tertiary/aromatic N) is 1. The average molecular weight is 362 g/mol. The molecule has 2 aromatic carbocycles. The summed E-state index contributed by atoms with van der Waals surface area (Å²) in [5.74, 6) is 1.87. The molecule has 25 heavy (non-hydrogen) atoms. The maximum atomic E-state index is 6.26. The third kappa shape index (κ3) is 4.09. The molecule has 0 spiro atoms. The molecule has 0 amide bonds. The molecule has 0 aromatic heterocycles. The van der Waals surface area contributed by atoms with Gasteiger partial charge < -0.3 is 14.2 Å². The molecule has 134 valence electrons. The van der Waals surface area contributed by atoms with Gasteiger partial charge in [0, 0.05) is 29.2 Å². The highest BCUT2D eigenvalue weighted by atomic mass is 35.5. The summed E-state index contributed by atoms with van der Waals surface area (Å²) in [4.78, 5) is 2.26. The van der Waals surface area contributed by atoms with E-state index in [9.17, 15) is 0 Å². The van der Waals surface area contributed by atoms with E-state index in [0.29, 0.717) is 18.4 Å². The first-order chi connectivity index (χ1) is 12.0. The molecule has 0 radical (unpaired) electrons. The van der Waals surface area contributed by atoms with Gasteiger partial charge in [-0.3, -0.25) is 4.90 Å². The molecule has 0 fully saturated rings. The molecule has 0 saturated carbocycles. The Kier molecular flexibility index (Phi) is 5.52. The maximum Gasteiger partial charge on any atom is 0.189 e. The largest absolute Gasteiger partial charge is 0.496 e. The van der Waals surface area contributed by atoms with Crippen LogP contribution >= 0.6 is 11.6 Å². The van der Waals surface area contributed by atoms with E-state index < -0.39 is 0 Å². The van der Waals surface area contributed by atoms with E-state index in [1.54, 1.807) is 7.11 Å². The topological polar surface area (TPSA) is 30.9 Å². The van der Waals surface area contributed by atoms with Crippen molar-refractivity contribution < 1.29 is 14.2 Å². The third-order valence-corrected chi connectivity index (χ3v) is 4.59. The van der Waals surface area contributed by atoms with Gasteiger partial charge in [0.05, 0.1) is 13.7 Å². The number of halogens is 1. The van der Waals surface area contributed by atoms with Crippen LogP contribution in [0.4, 0.5) is 0 Å². The lowest BCUT2D eigenvalue weighted by molar-refractivity contribution is -0.0174. The van der Waals surface area contributed by atoms with Crippen molar-refractivity contribution in [2.24, 2.45) is 0 Å². The van der Waals surface area contributed by atoms with Crippen LogP contribution in [0.1, 0.15) is 27.8 Å². The zero-order valence-electron chi connectivity index (χ0n) is 15.2. The molecule has 4 nitrogen and oxygen atoms in total. The van der Waals surface area contributed by atoms with Gasteiger partial charge in [-0.25, -0.2) is 0 Å². The van der Waals surface area contributed by atoms with Crippen molar-refractivity contribution in [1.29, 1.82) is 0 Å². The minimum atomic E-state index is 0.294. The van der Waals surface area contributed by atoms with E-state index in [1.165, 1.54) is 5.56 Å². The van der Waals surface area contributed by atoms with Crippen molar-refractivity contribution >= 4 is 11.6 Å². The van der Waals surface area contributed by atoms with Gasteiger partial charge >= 0.3 is 0 Å². The molecule has 3 rings (SSSR count). The van der Waals surface area contributed by atoms with Crippen LogP contribution in [0, 0.1) is 13.8 Å². The zero-order chi connectivity index (χ0) is 18.0. The van der Waals surface area contributed by atoms with Crippen molar-refractivity contribution in [2.75, 3.05) is 21.0 Å². The minimum absolute atomic E-state index is 0.294. The number of rotatable bonds is 5. The van der Waals surface area contributed by atoms with Crippen LogP contribution in [-0.4, -0.2) is 25.9 Å². The number of aryl methyl sites for hydroxylation is 2. The van der Waals surface area contributed by atoms with Crippen LogP contribution in [-0.2, 0) is 24.4 Å². The molecule has 1 aliphatic heterocycles. The fourth-order valence-corrected chi connectivity index (χ4v) is 3.75. The van der Waals surface area contributed by atoms with Crippen molar-refractivity contribution in [3.8, 4) is 11.5 Å². The van der Waals surface area contributed by atoms with Crippen molar-refractivity contribution in [3.63, 3.8) is 0 Å². The predicted molar refractivity (Wildman–Crippen MR) is 99.4 cm³/mol. The van der Waals surface area contributed by atoms with Crippen LogP contribution < -0.4 is 9.47 Å². The Hall–Kier alpha value is -1.75. The van der Waals surface area contributed by atoms with Crippen molar-refractivity contribution in [1.82, 2.24) is 4.90 Å². The van der Waals surface area contributed by atoms with Gasteiger partial charge in [0.15, 0.2) is 6.79 Å². The summed E-state index contributed by atoms with van der Waals surface area (Å²) in [6.45, 7) is 6.59. The molecule has 0 atom stereocenters. The second-order valence-corrected chi connectivity index (χ2v) is 7.04. The molecule has 1 aliphatic rings. The highest BCUT2D eigenvalue weighted by Gasteiger charge is 2.17. The van der Waals surface area contributed by atoms with Gasteiger partial charge in [0.2, 0.25) is 0 Å². The van der Waals surface area contributed by atoms with Gasteiger partial charge in [0.1, 0.15) is 11.5 Å². The Balaban J connectivity index is 1.77. The Bertz CT molecular complexity index is 753. The summed E-state index contributed by atoms with van der Waals surface area (Å²) in [5, 5.41) is 0.715. The number of hydrogen-bond donors (Lipinski definition) is 0. The van der Waals surface area contributed by atoms with Crippen LogP contribution in [0.15, 0.2) is 24.3 Å². The number of ether oxygens (including phenoxy) is 3. The summed E-state index contributed by atoms with van der Waals surface area (Å²) in [6.07, 6.45) is 0. The van der Waals surface area contributed by atoms with Crippen LogP contribution in [0.25, 0.3) is 0 Å². The Labute approximate surface area is 154 Å². The first kappa shape index (κ1) is 18.1. The minimum Gasteiger partial charge on any atom is -0.496 e. The van der Waals surface area contributed by atoms with Gasteiger partial charge in [-0.15, -0.1) is 0 Å². The predicted octanol–water partition coefficient (Wildman–Crippen LogP) is 4.46. The number of benzene rings is 2. The molecule has 0 bridgehead atoms. The smallest absolute Gasteiger partial charge is 0.189 e. The van der Waals surface area contributed by atoms with Gasteiger partial charge in [-0.05, 0) is 49.7 Å². The molecule has 0 unspecified atom stereocenters. The summed E-state index contributed by atoms with van der Waals surface area (Å²) < 4.78 is 16.5. The van der Waals surface area contributed by atoms with Crippen LogP contribution in [0.3, 0.4) is 0 Å². The van der Waals surface area contributed by atoms with Gasteiger partial charge in [-0.1, -0.05) is 23.7 Å². The molecular formula is C20H24ClNO3. The maximum absolute atomic E-state index is 6.26. The second kappa shape index (κ2) is 7.65. The molecule has 2 aromatic rings. The van der Waals surface area contributed by atoms with Gasteiger partial charge in [0.25, 0.3) is 0 Å². The van der Waals surface area contributed by atoms with E-state index in [0.717, 1.165) is 46.8 Å². The monoisotopic (exact) mass is 361 g/mol. The Morgan fingerprint density at radius 1 is 1.12 bits per heavy atom. The fourth-order valence-electron chi connectivity index (χ4n) is 3.49. The number of fused-ring (bicyclic) bond motifs is 1. The van der Waals surface area contributed by atoms with Crippen molar-refractivity contribution in [3.05, 3.63) is 57.1 Å². The zero-order valence-corrected chi connectivity index (χ0v) is 15.9. The van der Waals surface area contributed by atoms with E-state index in [2.05, 4.69) is 37.9 Å². The molecular weight excluding hydrogens is 338 g/mol. The second-order valence-electron chi connectivity index (χ2n) is 6.60. The first-order valence-corrected chi connectivity index (χ1v) is 8.70. The number of methoxy groups -OCH3 is 1. The van der Waals surface area contributed by atoms with E-state index in [4.69, 9.17) is 25.8 Å². The SMILES string of the molecule is COc1c(C)cc(CN(C)Cc2cc(Cl)cc3c2OCOC3)cc1C. The molecule has 0 N–H and O–H groups in total. The van der Waals surface area contributed by atoms with E-state index in [-0.39, 0.29) is 0 Å². The molecule has 0 saturated heterocycles. The number of hydrogen-bond acceptors (Lipinski definition) is 4. The lowest BCUT2D eigenvalue weighted by atomic mass is 10.0. The highest BCUT2D eigenvalue weighted by molar-refractivity contribution is 6.30. The summed E-state index contributed by atoms with van der Waals surface area (Å²) >= 11 is 6.26. The third-order valence-electron chi connectivity index (χ3n) is 4.37. The Morgan fingerprint density at radius 3 is 2.52 bits per heavy atom. The lowest BCUT2D eigenvalue weighted by Gasteiger charge is -2.24. The Morgan fingerprint density at radius 2 is 1.84 bits per heavy atom. The lowest BCUT2D eigenvalue weighted by Crippen LogP contribution is -2.20. The van der Waals surface area contributed by atoms with Gasteiger partial charge in [-0.2, -0.15) is 0 Å². The molecule has 1 heterocycles. The summed E-state index contributed by atoms with van der Waals surface area (Å²) in [7, 11) is 3.81. The average Bonchev–Trinajstić information content (AvgIpc) is 2.54. The molecule has 0 aliphatic carbocycles. The highest BCUT2D eigenvalue weighted by Crippen LogP contribution is 2.32. The van der Waals surface area contributed by atoms with E-state index in [1.807, 2.05) is 12.1 Å². The van der Waals surface area contributed by atoms with Crippen molar-refractivity contribution in [2.45, 2.75) is 33.5 Å².